The summed E-state index contributed by atoms with van der Waals surface area (Å²) in [5.41, 5.74) is 0.398. The molecule has 3 heteroatoms. The van der Waals surface area contributed by atoms with Gasteiger partial charge in [-0.3, -0.25) is 9.80 Å². The number of nitrogens with zero attached hydrogens (tertiary/aromatic N) is 2. The van der Waals surface area contributed by atoms with E-state index < -0.39 is 0 Å². The maximum Gasteiger partial charge on any atom is 0.0602 e. The zero-order valence-electron chi connectivity index (χ0n) is 12.0. The van der Waals surface area contributed by atoms with Crippen LogP contribution in [-0.4, -0.2) is 61.7 Å². The van der Waals surface area contributed by atoms with Gasteiger partial charge in [0.15, 0.2) is 0 Å². The lowest BCUT2D eigenvalue weighted by Crippen LogP contribution is -2.57. The van der Waals surface area contributed by atoms with Gasteiger partial charge in [0.1, 0.15) is 0 Å². The van der Waals surface area contributed by atoms with Crippen molar-refractivity contribution in [2.45, 2.75) is 38.1 Å². The Morgan fingerprint density at radius 1 is 1.17 bits per heavy atom. The summed E-state index contributed by atoms with van der Waals surface area (Å²) in [5.74, 6) is 6.51. The second-order valence-corrected chi connectivity index (χ2v) is 5.67. The highest BCUT2D eigenvalue weighted by atomic mass is 15.3. The fourth-order valence-electron chi connectivity index (χ4n) is 3.24. The number of rotatable bonds is 1. The predicted molar refractivity (Wildman–Crippen MR) is 76.6 cm³/mol. The standard InChI is InChI=1S/C15H27N3/c1-3-4-5-12-18-13-6-11-17(2)15(14-18)7-9-16-10-8-15/h16H,3,6-14H2,1-2H3. The normalized spacial score (nSPS) is 25.4. The van der Waals surface area contributed by atoms with Crippen LogP contribution < -0.4 is 5.32 Å². The van der Waals surface area contributed by atoms with Gasteiger partial charge in [-0.1, -0.05) is 12.8 Å². The van der Waals surface area contributed by atoms with E-state index in [0.29, 0.717) is 5.54 Å². The van der Waals surface area contributed by atoms with E-state index in [0.717, 1.165) is 13.0 Å². The van der Waals surface area contributed by atoms with Crippen LogP contribution in [0.25, 0.3) is 0 Å². The summed E-state index contributed by atoms with van der Waals surface area (Å²) >= 11 is 0. The molecule has 1 spiro atoms. The Hall–Kier alpha value is -0.560. The molecule has 0 saturated carbocycles. The van der Waals surface area contributed by atoms with Crippen LogP contribution in [0.15, 0.2) is 0 Å². The summed E-state index contributed by atoms with van der Waals surface area (Å²) in [6.45, 7) is 9.05. The summed E-state index contributed by atoms with van der Waals surface area (Å²) in [7, 11) is 2.31. The van der Waals surface area contributed by atoms with E-state index in [-0.39, 0.29) is 0 Å². The van der Waals surface area contributed by atoms with Crippen LogP contribution in [0, 0.1) is 11.8 Å². The molecule has 0 aliphatic carbocycles. The molecule has 2 aliphatic rings. The van der Waals surface area contributed by atoms with E-state index in [2.05, 4.69) is 40.9 Å². The van der Waals surface area contributed by atoms with Crippen LogP contribution >= 0.6 is 0 Å². The Labute approximate surface area is 112 Å². The monoisotopic (exact) mass is 249 g/mol. The molecule has 2 saturated heterocycles. The lowest BCUT2D eigenvalue weighted by atomic mass is 9.86. The van der Waals surface area contributed by atoms with Crippen molar-refractivity contribution < 1.29 is 0 Å². The summed E-state index contributed by atoms with van der Waals surface area (Å²) in [4.78, 5) is 5.18. The maximum atomic E-state index is 3.49. The van der Waals surface area contributed by atoms with Crippen LogP contribution in [0.3, 0.4) is 0 Å². The summed E-state index contributed by atoms with van der Waals surface area (Å²) in [6, 6.07) is 0. The summed E-state index contributed by atoms with van der Waals surface area (Å²) < 4.78 is 0. The first-order chi connectivity index (χ1) is 8.77. The highest BCUT2D eigenvalue weighted by Gasteiger charge is 2.38. The van der Waals surface area contributed by atoms with Gasteiger partial charge in [0, 0.05) is 25.0 Å². The summed E-state index contributed by atoms with van der Waals surface area (Å²) in [5, 5.41) is 3.49. The topological polar surface area (TPSA) is 18.5 Å². The van der Waals surface area contributed by atoms with Gasteiger partial charge in [-0.15, -0.1) is 5.92 Å². The second kappa shape index (κ2) is 6.56. The van der Waals surface area contributed by atoms with E-state index in [9.17, 15) is 0 Å². The van der Waals surface area contributed by atoms with Gasteiger partial charge in [0.2, 0.25) is 0 Å². The average Bonchev–Trinajstić information content (AvgIpc) is 2.52. The molecule has 0 amide bonds. The van der Waals surface area contributed by atoms with E-state index in [1.807, 2.05) is 0 Å². The van der Waals surface area contributed by atoms with E-state index in [1.54, 1.807) is 0 Å². The Balaban J connectivity index is 2.02. The maximum absolute atomic E-state index is 3.49. The van der Waals surface area contributed by atoms with Crippen molar-refractivity contribution in [2.24, 2.45) is 0 Å². The number of likely N-dealkylation sites (N-methyl/N-ethyl adjacent to an activating group) is 1. The van der Waals surface area contributed by atoms with Crippen LogP contribution in [-0.2, 0) is 0 Å². The van der Waals surface area contributed by atoms with E-state index >= 15 is 0 Å². The zero-order valence-corrected chi connectivity index (χ0v) is 12.0. The van der Waals surface area contributed by atoms with Gasteiger partial charge in [-0.25, -0.2) is 0 Å². The SMILES string of the molecule is CCC#CCN1CCCN(C)C2(CCNCC2)C1. The van der Waals surface area contributed by atoms with Crippen molar-refractivity contribution in [3.8, 4) is 11.8 Å². The minimum absolute atomic E-state index is 0.398. The first-order valence-corrected chi connectivity index (χ1v) is 7.37. The molecular formula is C15H27N3. The van der Waals surface area contributed by atoms with Gasteiger partial charge in [0.05, 0.1) is 6.54 Å². The molecule has 0 aromatic heterocycles. The third kappa shape index (κ3) is 3.26. The molecule has 2 heterocycles. The van der Waals surface area contributed by atoms with Crippen molar-refractivity contribution in [2.75, 3.05) is 46.3 Å². The van der Waals surface area contributed by atoms with Crippen LogP contribution in [0.4, 0.5) is 0 Å². The molecule has 0 atom stereocenters. The van der Waals surface area contributed by atoms with E-state index in [1.165, 1.54) is 52.0 Å². The van der Waals surface area contributed by atoms with Gasteiger partial charge >= 0.3 is 0 Å². The van der Waals surface area contributed by atoms with Gasteiger partial charge < -0.3 is 5.32 Å². The molecule has 0 radical (unpaired) electrons. The van der Waals surface area contributed by atoms with Crippen LogP contribution in [0.2, 0.25) is 0 Å². The van der Waals surface area contributed by atoms with Crippen molar-refractivity contribution in [3.63, 3.8) is 0 Å². The van der Waals surface area contributed by atoms with E-state index in [4.69, 9.17) is 0 Å². The van der Waals surface area contributed by atoms with Crippen LogP contribution in [0.5, 0.6) is 0 Å². The molecule has 3 nitrogen and oxygen atoms in total. The molecule has 0 aromatic rings. The first kappa shape index (κ1) is 13.9. The largest absolute Gasteiger partial charge is 0.317 e. The Kier molecular flexibility index (Phi) is 5.05. The number of piperidine rings is 1. The third-order valence-electron chi connectivity index (χ3n) is 4.43. The highest BCUT2D eigenvalue weighted by molar-refractivity contribution is 5.03. The molecule has 2 rings (SSSR count). The highest BCUT2D eigenvalue weighted by Crippen LogP contribution is 2.28. The van der Waals surface area contributed by atoms with Gasteiger partial charge in [-0.05, 0) is 45.9 Å². The van der Waals surface area contributed by atoms with Crippen molar-refractivity contribution in [1.82, 2.24) is 15.1 Å². The fraction of sp³-hybridized carbons (Fsp3) is 0.867. The molecule has 0 bridgehead atoms. The lowest BCUT2D eigenvalue weighted by molar-refractivity contribution is 0.0692. The van der Waals surface area contributed by atoms with Crippen molar-refractivity contribution >= 4 is 0 Å². The Morgan fingerprint density at radius 2 is 1.94 bits per heavy atom. The van der Waals surface area contributed by atoms with Crippen molar-refractivity contribution in [1.29, 1.82) is 0 Å². The first-order valence-electron chi connectivity index (χ1n) is 7.37. The Morgan fingerprint density at radius 3 is 2.67 bits per heavy atom. The number of hydrogen-bond acceptors (Lipinski definition) is 3. The second-order valence-electron chi connectivity index (χ2n) is 5.67. The molecule has 1 N–H and O–H groups in total. The van der Waals surface area contributed by atoms with Gasteiger partial charge in [-0.2, -0.15) is 0 Å². The number of hydrogen-bond donors (Lipinski definition) is 1. The zero-order chi connectivity index (χ0) is 12.8. The van der Waals surface area contributed by atoms with Crippen molar-refractivity contribution in [3.05, 3.63) is 0 Å². The average molecular weight is 249 g/mol. The molecule has 0 unspecified atom stereocenters. The Bertz CT molecular complexity index is 309. The fourth-order valence-corrected chi connectivity index (χ4v) is 3.24. The molecule has 0 aromatic carbocycles. The predicted octanol–water partition coefficient (Wildman–Crippen LogP) is 1.16. The molecule has 2 aliphatic heterocycles. The summed E-state index contributed by atoms with van der Waals surface area (Å²) in [6.07, 6.45) is 4.81. The van der Waals surface area contributed by atoms with Gasteiger partial charge in [0.25, 0.3) is 0 Å². The quantitative estimate of drug-likeness (QED) is 0.704. The minimum atomic E-state index is 0.398. The molecular weight excluding hydrogens is 222 g/mol. The third-order valence-corrected chi connectivity index (χ3v) is 4.43. The smallest absolute Gasteiger partial charge is 0.0602 e. The molecule has 2 fully saturated rings. The minimum Gasteiger partial charge on any atom is -0.317 e. The van der Waals surface area contributed by atoms with Crippen LogP contribution in [0.1, 0.15) is 32.6 Å². The lowest BCUT2D eigenvalue weighted by Gasteiger charge is -2.45. The number of nitrogens with one attached hydrogen (secondary N) is 1. The molecule has 18 heavy (non-hydrogen) atoms. The molecule has 102 valence electrons.